The highest BCUT2D eigenvalue weighted by Crippen LogP contribution is 2.45. The fraction of sp³-hybridized carbons (Fsp3) is 0.733. The van der Waals surface area contributed by atoms with Crippen molar-refractivity contribution in [3.05, 3.63) is 97.2 Å². The van der Waals surface area contributed by atoms with E-state index >= 15 is 0 Å². The van der Waals surface area contributed by atoms with Crippen molar-refractivity contribution in [2.24, 2.45) is 0 Å². The topological polar surface area (TPSA) is 237 Å². The number of hydrogen-bond acceptors (Lipinski definition) is 15. The second-order valence-electron chi connectivity index (χ2n) is 24.1. The largest absolute Gasteiger partial charge is 0.472 e. The number of aliphatic hydroxyl groups excluding tert-OH is 1. The lowest BCUT2D eigenvalue weighted by Gasteiger charge is -2.21. The number of phosphoric ester groups is 2. The van der Waals surface area contributed by atoms with Gasteiger partial charge in [0.15, 0.2) is 12.2 Å². The smallest absolute Gasteiger partial charge is 0.462 e. The quantitative estimate of drug-likeness (QED) is 0.0169. The molecule has 0 saturated heterocycles. The van der Waals surface area contributed by atoms with Crippen LogP contribution in [0.25, 0.3) is 0 Å². The lowest BCUT2D eigenvalue weighted by Crippen LogP contribution is -2.30. The molecule has 0 rings (SSSR count). The van der Waals surface area contributed by atoms with Crippen molar-refractivity contribution in [3.63, 3.8) is 0 Å². The number of ether oxygens (including phenoxy) is 4. The second-order valence-corrected chi connectivity index (χ2v) is 27.0. The van der Waals surface area contributed by atoms with Gasteiger partial charge in [0.25, 0.3) is 0 Å². The number of rotatable bonds is 68. The lowest BCUT2D eigenvalue weighted by atomic mass is 10.1. The predicted molar refractivity (Wildman–Crippen MR) is 381 cm³/mol. The fourth-order valence-corrected chi connectivity index (χ4v) is 11.0. The average molecular weight is 1370 g/mol. The first kappa shape index (κ1) is 90.0. The minimum absolute atomic E-state index is 0.0761. The Morgan fingerprint density at radius 2 is 0.564 bits per heavy atom. The Morgan fingerprint density at radius 3 is 0.904 bits per heavy atom. The minimum atomic E-state index is -4.98. The van der Waals surface area contributed by atoms with E-state index in [1.54, 1.807) is 0 Å². The Hall–Kier alpha value is -4.02. The molecule has 0 aliphatic rings. The highest BCUT2D eigenvalue weighted by Gasteiger charge is 2.30. The summed E-state index contributed by atoms with van der Waals surface area (Å²) in [6, 6.07) is 0. The number of unbranched alkanes of at least 4 members (excludes halogenated alkanes) is 26. The van der Waals surface area contributed by atoms with Gasteiger partial charge in [-0.15, -0.1) is 0 Å². The van der Waals surface area contributed by atoms with Crippen LogP contribution in [0.15, 0.2) is 97.2 Å². The number of carbonyl (C=O) groups excluding carboxylic acids is 4. The van der Waals surface area contributed by atoms with Gasteiger partial charge >= 0.3 is 39.5 Å². The van der Waals surface area contributed by atoms with Crippen molar-refractivity contribution in [3.8, 4) is 0 Å². The van der Waals surface area contributed by atoms with Crippen molar-refractivity contribution in [1.82, 2.24) is 0 Å². The SMILES string of the molecule is CC/C=C\C/C=C\C/C=C\C/C=C\C/C=C\CCCCCC(=O)OCC(COP(=O)(O)OCC(O)COP(=O)(O)OCC(COC(=O)CCCCCCC/C=C\CCCCCC)OC(=O)CCCCCCC/C=C\CCCC)OC(=O)CCCCCCC/C=C\CCCC. The van der Waals surface area contributed by atoms with Crippen LogP contribution in [0.5, 0.6) is 0 Å². The molecule has 0 aromatic carbocycles. The van der Waals surface area contributed by atoms with Crippen molar-refractivity contribution in [2.75, 3.05) is 39.6 Å². The Morgan fingerprint density at radius 1 is 0.309 bits per heavy atom. The van der Waals surface area contributed by atoms with Crippen LogP contribution >= 0.6 is 15.6 Å². The van der Waals surface area contributed by atoms with Crippen molar-refractivity contribution >= 4 is 39.5 Å². The molecule has 0 radical (unpaired) electrons. The number of phosphoric acid groups is 2. The standard InChI is InChI=1S/C75H130O17P2/c1-5-9-13-17-21-25-29-31-32-33-34-35-36-38-42-44-48-52-56-60-73(78)86-66-71(92-75(80)62-58-54-50-46-40-28-24-20-16-12-8-4)68-90-94(83,84)88-64-69(76)63-87-93(81,82)89-67-70(91-74(79)61-57-53-49-45-39-27-23-19-15-11-7-3)65-85-72(77)59-55-51-47-43-41-37-30-26-22-18-14-10-6-2/h9,13,19-21,23-26,30-32,34-35,38,42,69-71,76H,5-8,10-12,14-18,22,27-29,33,36-37,39-41,43-68H2,1-4H3,(H,81,82)(H,83,84)/b13-9-,23-19-,24-20-,25-21-,30-26-,32-31-,35-34-,42-38-. The van der Waals surface area contributed by atoms with Crippen molar-refractivity contribution in [1.29, 1.82) is 0 Å². The van der Waals surface area contributed by atoms with E-state index < -0.39 is 97.5 Å². The molecule has 94 heavy (non-hydrogen) atoms. The third kappa shape index (κ3) is 66.6. The highest BCUT2D eigenvalue weighted by molar-refractivity contribution is 7.47. The third-order valence-corrected chi connectivity index (χ3v) is 16.9. The summed E-state index contributed by atoms with van der Waals surface area (Å²) in [5.41, 5.74) is 0. The average Bonchev–Trinajstić information content (AvgIpc) is 1.24. The van der Waals surface area contributed by atoms with Crippen molar-refractivity contribution in [2.45, 2.75) is 316 Å². The predicted octanol–water partition coefficient (Wildman–Crippen LogP) is 20.4. The van der Waals surface area contributed by atoms with Gasteiger partial charge in [-0.1, -0.05) is 234 Å². The van der Waals surface area contributed by atoms with Crippen LogP contribution in [0.3, 0.4) is 0 Å². The molecule has 542 valence electrons. The molecule has 0 fully saturated rings. The van der Waals surface area contributed by atoms with Gasteiger partial charge in [-0.25, -0.2) is 9.13 Å². The zero-order chi connectivity index (χ0) is 69.0. The third-order valence-electron chi connectivity index (χ3n) is 15.0. The van der Waals surface area contributed by atoms with Gasteiger partial charge in [0.1, 0.15) is 19.3 Å². The molecule has 0 heterocycles. The first-order valence-electron chi connectivity index (χ1n) is 36.5. The summed E-state index contributed by atoms with van der Waals surface area (Å²) in [5, 5.41) is 10.6. The first-order chi connectivity index (χ1) is 45.7. The molecule has 0 bridgehead atoms. The van der Waals surface area contributed by atoms with Gasteiger partial charge in [0, 0.05) is 25.7 Å². The number of esters is 4. The van der Waals surface area contributed by atoms with Crippen LogP contribution in [-0.2, 0) is 65.4 Å². The number of aliphatic hydroxyl groups is 1. The molecule has 0 saturated carbocycles. The number of carbonyl (C=O) groups is 4. The minimum Gasteiger partial charge on any atom is -0.462 e. The second kappa shape index (κ2) is 67.5. The molecule has 0 aromatic rings. The summed E-state index contributed by atoms with van der Waals surface area (Å²) in [5.74, 6) is -2.24. The summed E-state index contributed by atoms with van der Waals surface area (Å²) in [6.45, 7) is 4.59. The Balaban J connectivity index is 5.32. The zero-order valence-corrected chi connectivity index (χ0v) is 60.7. The van der Waals surface area contributed by atoms with E-state index in [4.69, 9.17) is 37.0 Å². The summed E-state index contributed by atoms with van der Waals surface area (Å²) >= 11 is 0. The maximum atomic E-state index is 13.0. The normalized spacial score (nSPS) is 14.6. The number of hydrogen-bond donors (Lipinski definition) is 3. The van der Waals surface area contributed by atoms with Crippen LogP contribution in [0.2, 0.25) is 0 Å². The van der Waals surface area contributed by atoms with Crippen LogP contribution in [-0.4, -0.2) is 96.7 Å². The molecule has 5 atom stereocenters. The maximum Gasteiger partial charge on any atom is 0.472 e. The van der Waals surface area contributed by atoms with E-state index in [2.05, 4.69) is 125 Å². The molecule has 3 N–H and O–H groups in total. The van der Waals surface area contributed by atoms with Crippen molar-refractivity contribution < 1.29 is 80.2 Å². The molecule has 17 nitrogen and oxygen atoms in total. The van der Waals surface area contributed by atoms with Gasteiger partial charge in [0.05, 0.1) is 26.4 Å². The van der Waals surface area contributed by atoms with E-state index in [9.17, 15) is 43.2 Å². The zero-order valence-electron chi connectivity index (χ0n) is 58.9. The van der Waals surface area contributed by atoms with E-state index in [0.29, 0.717) is 25.7 Å². The first-order valence-corrected chi connectivity index (χ1v) is 39.5. The number of allylic oxidation sites excluding steroid dienone is 16. The molecular weight excluding hydrogens is 1230 g/mol. The summed E-state index contributed by atoms with van der Waals surface area (Å²) in [6.07, 6.45) is 68.5. The van der Waals surface area contributed by atoms with Gasteiger partial charge in [-0.05, 0) is 135 Å². The molecule has 19 heteroatoms. The molecule has 0 spiro atoms. The summed E-state index contributed by atoms with van der Waals surface area (Å²) in [4.78, 5) is 72.6. The van der Waals surface area contributed by atoms with Gasteiger partial charge < -0.3 is 33.8 Å². The van der Waals surface area contributed by atoms with Gasteiger partial charge in [-0.2, -0.15) is 0 Å². The van der Waals surface area contributed by atoms with Gasteiger partial charge in [-0.3, -0.25) is 37.3 Å². The van der Waals surface area contributed by atoms with E-state index in [1.165, 1.54) is 51.4 Å². The van der Waals surface area contributed by atoms with Crippen LogP contribution < -0.4 is 0 Å². The van der Waals surface area contributed by atoms with Gasteiger partial charge in [0.2, 0.25) is 0 Å². The maximum absolute atomic E-state index is 13.0. The van der Waals surface area contributed by atoms with E-state index in [0.717, 1.165) is 167 Å². The van der Waals surface area contributed by atoms with Crippen LogP contribution in [0.1, 0.15) is 297 Å². The molecule has 0 aliphatic heterocycles. The lowest BCUT2D eigenvalue weighted by molar-refractivity contribution is -0.161. The van der Waals surface area contributed by atoms with E-state index in [1.807, 2.05) is 0 Å². The fourth-order valence-electron chi connectivity index (χ4n) is 9.38. The Labute approximate surface area is 569 Å². The molecule has 0 aromatic heterocycles. The highest BCUT2D eigenvalue weighted by atomic mass is 31.2. The summed E-state index contributed by atoms with van der Waals surface area (Å²) < 4.78 is 68.2. The Bertz CT molecular complexity index is 2170. The molecule has 0 aliphatic carbocycles. The Kier molecular flexibility index (Phi) is 64.7. The monoisotopic (exact) mass is 1360 g/mol. The molecule has 5 unspecified atom stereocenters. The van der Waals surface area contributed by atoms with Crippen LogP contribution in [0, 0.1) is 0 Å². The van der Waals surface area contributed by atoms with Crippen LogP contribution in [0.4, 0.5) is 0 Å². The summed E-state index contributed by atoms with van der Waals surface area (Å²) in [7, 11) is -9.95. The molecular formula is C75H130O17P2. The molecule has 0 amide bonds. The van der Waals surface area contributed by atoms with E-state index in [-0.39, 0.29) is 25.7 Å².